The number of carbonyl (C=O) groups is 1. The number of thiol groups is 1. The van der Waals surface area contributed by atoms with E-state index in [4.69, 9.17) is 11.6 Å². The number of aromatic nitrogens is 1. The van der Waals surface area contributed by atoms with Crippen LogP contribution in [0.15, 0.2) is 47.5 Å². The van der Waals surface area contributed by atoms with Gasteiger partial charge < -0.3 is 10.4 Å². The Morgan fingerprint density at radius 2 is 2.04 bits per heavy atom. The number of carboxylic acid groups (broad SMARTS) is 1. The first-order chi connectivity index (χ1) is 11.0. The molecule has 0 aliphatic carbocycles. The monoisotopic (exact) mass is 344 g/mol. The molecule has 3 rings (SSSR count). The van der Waals surface area contributed by atoms with Crippen LogP contribution in [0.5, 0.6) is 0 Å². The van der Waals surface area contributed by atoms with Gasteiger partial charge in [-0.15, -0.1) is 12.6 Å². The van der Waals surface area contributed by atoms with Gasteiger partial charge in [0.2, 0.25) is 0 Å². The number of rotatable bonds is 3. The Kier molecular flexibility index (Phi) is 4.15. The number of fused-ring (bicyclic) bond motifs is 1. The lowest BCUT2D eigenvalue weighted by molar-refractivity contribution is 0.0698. The van der Waals surface area contributed by atoms with Crippen molar-refractivity contribution in [3.05, 3.63) is 58.7 Å². The maximum absolute atomic E-state index is 11.4. The Hall–Kier alpha value is -2.24. The van der Waals surface area contributed by atoms with Gasteiger partial charge >= 0.3 is 5.97 Å². The molecule has 0 spiro atoms. The molecular weight excluding hydrogens is 332 g/mol. The second-order valence-electron chi connectivity index (χ2n) is 5.16. The van der Waals surface area contributed by atoms with Gasteiger partial charge in [0.25, 0.3) is 0 Å². The van der Waals surface area contributed by atoms with Crippen molar-refractivity contribution in [2.24, 2.45) is 0 Å². The minimum absolute atomic E-state index is 0.190. The predicted octanol–water partition coefficient (Wildman–Crippen LogP) is 4.93. The minimum atomic E-state index is -0.996. The number of hydrogen-bond donors (Lipinski definition) is 3. The topological polar surface area (TPSA) is 62.2 Å². The molecule has 1 aromatic heterocycles. The Morgan fingerprint density at radius 3 is 2.78 bits per heavy atom. The summed E-state index contributed by atoms with van der Waals surface area (Å²) < 4.78 is 0. The van der Waals surface area contributed by atoms with E-state index in [1.165, 1.54) is 0 Å². The number of nitrogens with zero attached hydrogens (tertiary/aromatic N) is 1. The van der Waals surface area contributed by atoms with Gasteiger partial charge in [0.15, 0.2) is 0 Å². The van der Waals surface area contributed by atoms with Crippen molar-refractivity contribution in [3.8, 4) is 0 Å². The standard InChI is InChI=1S/C17H13ClN2O2S/c1-9-2-4-11(17(21)22)14(6-9)20-16-12-7-10(18)3-5-13(12)19-8-15(16)23/h2-8,23H,1H3,(H,19,20)(H,21,22). The number of aryl methyl sites for hydroxylation is 1. The number of anilines is 2. The van der Waals surface area contributed by atoms with E-state index in [0.29, 0.717) is 21.3 Å². The van der Waals surface area contributed by atoms with Gasteiger partial charge in [-0.05, 0) is 42.8 Å². The fraction of sp³-hybridized carbons (Fsp3) is 0.0588. The quantitative estimate of drug-likeness (QED) is 0.590. The molecule has 1 heterocycles. The number of nitrogens with one attached hydrogen (secondary N) is 1. The summed E-state index contributed by atoms with van der Waals surface area (Å²) >= 11 is 10.5. The summed E-state index contributed by atoms with van der Waals surface area (Å²) in [5, 5.41) is 13.9. The van der Waals surface area contributed by atoms with E-state index in [9.17, 15) is 9.90 Å². The number of halogens is 1. The number of benzene rings is 2. The highest BCUT2D eigenvalue weighted by Crippen LogP contribution is 2.34. The van der Waals surface area contributed by atoms with Crippen molar-refractivity contribution in [2.45, 2.75) is 11.8 Å². The van der Waals surface area contributed by atoms with Crippen LogP contribution in [0, 0.1) is 6.92 Å². The average molecular weight is 345 g/mol. The summed E-state index contributed by atoms with van der Waals surface area (Å²) in [6.07, 6.45) is 1.62. The van der Waals surface area contributed by atoms with Crippen molar-refractivity contribution >= 4 is 52.5 Å². The van der Waals surface area contributed by atoms with Crippen molar-refractivity contribution in [3.63, 3.8) is 0 Å². The Balaban J connectivity index is 2.19. The molecule has 0 saturated carbocycles. The molecule has 0 radical (unpaired) electrons. The van der Waals surface area contributed by atoms with Crippen LogP contribution in [0.25, 0.3) is 10.9 Å². The van der Waals surface area contributed by atoms with E-state index < -0.39 is 5.97 Å². The lowest BCUT2D eigenvalue weighted by atomic mass is 10.1. The smallest absolute Gasteiger partial charge is 0.337 e. The molecule has 0 fully saturated rings. The predicted molar refractivity (Wildman–Crippen MR) is 95.4 cm³/mol. The Labute approximate surface area is 143 Å². The van der Waals surface area contributed by atoms with Gasteiger partial charge in [-0.1, -0.05) is 17.7 Å². The maximum Gasteiger partial charge on any atom is 0.337 e. The fourth-order valence-electron chi connectivity index (χ4n) is 2.37. The molecular formula is C17H13ClN2O2S. The third-order valence-electron chi connectivity index (χ3n) is 3.48. The van der Waals surface area contributed by atoms with Crippen molar-refractivity contribution in [1.29, 1.82) is 0 Å². The molecule has 116 valence electrons. The fourth-order valence-corrected chi connectivity index (χ4v) is 2.77. The highest BCUT2D eigenvalue weighted by molar-refractivity contribution is 7.80. The summed E-state index contributed by atoms with van der Waals surface area (Å²) in [4.78, 5) is 16.4. The molecule has 23 heavy (non-hydrogen) atoms. The van der Waals surface area contributed by atoms with Gasteiger partial charge in [0, 0.05) is 21.5 Å². The first-order valence-electron chi connectivity index (χ1n) is 6.84. The number of carboxylic acids is 1. The molecule has 6 heteroatoms. The first-order valence-corrected chi connectivity index (χ1v) is 7.66. The highest BCUT2D eigenvalue weighted by Gasteiger charge is 2.13. The summed E-state index contributed by atoms with van der Waals surface area (Å²) in [5.74, 6) is -0.996. The van der Waals surface area contributed by atoms with E-state index in [1.807, 2.05) is 13.0 Å². The van der Waals surface area contributed by atoms with Crippen LogP contribution < -0.4 is 5.32 Å². The van der Waals surface area contributed by atoms with E-state index in [0.717, 1.165) is 16.5 Å². The maximum atomic E-state index is 11.4. The van der Waals surface area contributed by atoms with Crippen LogP contribution >= 0.6 is 24.2 Å². The van der Waals surface area contributed by atoms with Gasteiger partial charge in [-0.25, -0.2) is 4.79 Å². The molecule has 2 N–H and O–H groups in total. The summed E-state index contributed by atoms with van der Waals surface area (Å²) in [6.45, 7) is 1.90. The number of pyridine rings is 1. The zero-order chi connectivity index (χ0) is 16.6. The average Bonchev–Trinajstić information content (AvgIpc) is 2.50. The molecule has 0 saturated heterocycles. The van der Waals surface area contributed by atoms with Crippen molar-refractivity contribution in [2.75, 3.05) is 5.32 Å². The van der Waals surface area contributed by atoms with E-state index in [2.05, 4.69) is 22.9 Å². The number of hydrogen-bond acceptors (Lipinski definition) is 4. The van der Waals surface area contributed by atoms with Crippen LogP contribution in [0.4, 0.5) is 11.4 Å². The molecule has 0 bridgehead atoms. The van der Waals surface area contributed by atoms with Crippen LogP contribution in [0.2, 0.25) is 5.02 Å². The van der Waals surface area contributed by atoms with Crippen molar-refractivity contribution in [1.82, 2.24) is 4.98 Å². The van der Waals surface area contributed by atoms with Gasteiger partial charge in [-0.2, -0.15) is 0 Å². The largest absolute Gasteiger partial charge is 0.478 e. The van der Waals surface area contributed by atoms with E-state index >= 15 is 0 Å². The lowest BCUT2D eigenvalue weighted by Gasteiger charge is -2.14. The number of aromatic carboxylic acids is 1. The third-order valence-corrected chi connectivity index (χ3v) is 4.05. The molecule has 0 amide bonds. The van der Waals surface area contributed by atoms with Crippen LogP contribution in [-0.2, 0) is 0 Å². The molecule has 0 aliphatic rings. The van der Waals surface area contributed by atoms with E-state index in [-0.39, 0.29) is 5.56 Å². The summed E-state index contributed by atoms with van der Waals surface area (Å²) in [6, 6.07) is 10.5. The van der Waals surface area contributed by atoms with Gasteiger partial charge in [0.1, 0.15) is 0 Å². The molecule has 3 aromatic rings. The zero-order valence-electron chi connectivity index (χ0n) is 12.2. The molecule has 0 aliphatic heterocycles. The van der Waals surface area contributed by atoms with Crippen LogP contribution in [-0.4, -0.2) is 16.1 Å². The summed E-state index contributed by atoms with van der Waals surface area (Å²) in [7, 11) is 0. The lowest BCUT2D eigenvalue weighted by Crippen LogP contribution is -2.04. The first kappa shape index (κ1) is 15.6. The molecule has 2 aromatic carbocycles. The van der Waals surface area contributed by atoms with Gasteiger partial charge in [-0.3, -0.25) is 4.98 Å². The zero-order valence-corrected chi connectivity index (χ0v) is 13.8. The van der Waals surface area contributed by atoms with Crippen LogP contribution in [0.1, 0.15) is 15.9 Å². The minimum Gasteiger partial charge on any atom is -0.478 e. The summed E-state index contributed by atoms with van der Waals surface area (Å²) in [5.41, 5.74) is 3.07. The molecule has 0 atom stereocenters. The van der Waals surface area contributed by atoms with Gasteiger partial charge in [0.05, 0.1) is 22.5 Å². The Bertz CT molecular complexity index is 923. The third kappa shape index (κ3) is 3.11. The highest BCUT2D eigenvalue weighted by atomic mass is 35.5. The second-order valence-corrected chi connectivity index (χ2v) is 6.08. The van der Waals surface area contributed by atoms with Crippen molar-refractivity contribution < 1.29 is 9.90 Å². The van der Waals surface area contributed by atoms with Crippen LogP contribution in [0.3, 0.4) is 0 Å². The molecule has 4 nitrogen and oxygen atoms in total. The normalized spacial score (nSPS) is 10.7. The van der Waals surface area contributed by atoms with E-state index in [1.54, 1.807) is 36.5 Å². The Morgan fingerprint density at radius 1 is 1.26 bits per heavy atom. The molecule has 0 unspecified atom stereocenters. The SMILES string of the molecule is Cc1ccc(C(=O)O)c(Nc2c(S)cnc3ccc(Cl)cc23)c1. The second kappa shape index (κ2) is 6.10.